The van der Waals surface area contributed by atoms with Crippen molar-refractivity contribution in [2.24, 2.45) is 0 Å². The van der Waals surface area contributed by atoms with E-state index in [0.717, 1.165) is 39.1 Å². The Kier molecular flexibility index (Phi) is 8.01. The van der Waals surface area contributed by atoms with E-state index in [1.54, 1.807) is 0 Å². The summed E-state index contributed by atoms with van der Waals surface area (Å²) in [6.07, 6.45) is 0. The topological polar surface area (TPSA) is 48.5 Å². The number of aromatic nitrogens is 5. The van der Waals surface area contributed by atoms with Gasteiger partial charge in [-0.2, -0.15) is 0 Å². The van der Waals surface area contributed by atoms with Gasteiger partial charge in [0.25, 0.3) is 0 Å². The van der Waals surface area contributed by atoms with Crippen molar-refractivity contribution in [3.05, 3.63) is 212 Å². The molecule has 63 heavy (non-hydrogen) atoms. The first-order valence-corrected chi connectivity index (χ1v) is 22.0. The monoisotopic (exact) mass is 821 g/mol. The van der Waals surface area contributed by atoms with E-state index < -0.39 is 0 Å². The Labute approximate surface area is 366 Å². The van der Waals surface area contributed by atoms with E-state index in [2.05, 4.69) is 185 Å². The molecule has 0 aliphatic heterocycles. The normalized spacial score (nSPS) is 11.8. The van der Waals surface area contributed by atoms with Crippen LogP contribution in [0.1, 0.15) is 0 Å². The number of benzene rings is 9. The molecule has 0 fully saturated rings. The molecule has 0 atom stereocenters. The number of thiophene rings is 1. The van der Waals surface area contributed by atoms with Crippen molar-refractivity contribution >= 4 is 75.1 Å². The molecule has 6 heteroatoms. The van der Waals surface area contributed by atoms with Gasteiger partial charge in [0.2, 0.25) is 0 Å². The molecule has 4 aromatic heterocycles. The maximum absolute atomic E-state index is 5.12. The summed E-state index contributed by atoms with van der Waals surface area (Å²) >= 11 is 1.86. The molecule has 0 amide bonds. The molecular weight excluding hydrogens is 787 g/mol. The molecule has 0 saturated carbocycles. The van der Waals surface area contributed by atoms with Crippen LogP contribution in [0.4, 0.5) is 0 Å². The van der Waals surface area contributed by atoms with Gasteiger partial charge in [-0.05, 0) is 65.7 Å². The van der Waals surface area contributed by atoms with Crippen LogP contribution in [0.15, 0.2) is 212 Å². The van der Waals surface area contributed by atoms with Gasteiger partial charge < -0.3 is 9.13 Å². The highest BCUT2D eigenvalue weighted by Gasteiger charge is 2.20. The fourth-order valence-corrected chi connectivity index (χ4v) is 10.5. The van der Waals surface area contributed by atoms with Crippen LogP contribution in [0.3, 0.4) is 0 Å². The quantitative estimate of drug-likeness (QED) is 0.168. The number of nitrogens with zero attached hydrogens (tertiary/aromatic N) is 5. The number of para-hydroxylation sites is 1. The lowest BCUT2D eigenvalue weighted by Crippen LogP contribution is -2.01. The molecule has 0 aliphatic rings. The largest absolute Gasteiger partial charge is 0.309 e. The number of hydrogen-bond donors (Lipinski definition) is 0. The zero-order valence-corrected chi connectivity index (χ0v) is 34.7. The lowest BCUT2D eigenvalue weighted by Gasteiger charge is -2.13. The first kappa shape index (κ1) is 35.6. The Hall–Kier alpha value is -8.19. The predicted molar refractivity (Wildman–Crippen MR) is 263 cm³/mol. The average Bonchev–Trinajstić information content (AvgIpc) is 4.00. The van der Waals surface area contributed by atoms with Gasteiger partial charge in [-0.25, -0.2) is 15.0 Å². The summed E-state index contributed by atoms with van der Waals surface area (Å²) in [6.45, 7) is 0. The van der Waals surface area contributed by atoms with Crippen LogP contribution < -0.4 is 0 Å². The van der Waals surface area contributed by atoms with E-state index in [1.165, 1.54) is 63.9 Å². The SMILES string of the molecule is c1ccc(-c2ccc3c4ccccc4n(-c4ccc5c6cc7sc8ccccc8c7cc6n(-c6cccc(-c7nc(-c8ccccc8)nc(-c8ccccc8)n7)c6)c5c4)c3c2)cc1. The molecular formula is C57H35N5S. The molecule has 0 spiro atoms. The zero-order chi connectivity index (χ0) is 41.4. The summed E-state index contributed by atoms with van der Waals surface area (Å²) in [5.41, 5.74) is 11.9. The van der Waals surface area contributed by atoms with Gasteiger partial charge in [0.05, 0.1) is 22.1 Å². The molecule has 294 valence electrons. The van der Waals surface area contributed by atoms with E-state index in [0.29, 0.717) is 17.5 Å². The van der Waals surface area contributed by atoms with E-state index in [1.807, 2.05) is 47.7 Å². The van der Waals surface area contributed by atoms with Crippen molar-refractivity contribution < 1.29 is 0 Å². The van der Waals surface area contributed by atoms with Gasteiger partial charge in [0.1, 0.15) is 0 Å². The van der Waals surface area contributed by atoms with Crippen LogP contribution in [0.2, 0.25) is 0 Å². The third kappa shape index (κ3) is 5.80. The van der Waals surface area contributed by atoms with Gasteiger partial charge in [0, 0.05) is 69.8 Å². The van der Waals surface area contributed by atoms with Crippen molar-refractivity contribution in [2.75, 3.05) is 0 Å². The second kappa shape index (κ2) is 14.2. The first-order valence-electron chi connectivity index (χ1n) is 21.2. The van der Waals surface area contributed by atoms with Gasteiger partial charge in [-0.15, -0.1) is 11.3 Å². The van der Waals surface area contributed by atoms with Gasteiger partial charge >= 0.3 is 0 Å². The molecule has 13 aromatic rings. The van der Waals surface area contributed by atoms with Crippen molar-refractivity contribution in [1.29, 1.82) is 0 Å². The summed E-state index contributed by atoms with van der Waals surface area (Å²) < 4.78 is 7.44. The molecule has 13 rings (SSSR count). The molecule has 5 nitrogen and oxygen atoms in total. The summed E-state index contributed by atoms with van der Waals surface area (Å²) in [7, 11) is 0. The molecule has 0 unspecified atom stereocenters. The maximum atomic E-state index is 5.12. The van der Waals surface area contributed by atoms with Crippen molar-refractivity contribution in [3.8, 4) is 56.7 Å². The van der Waals surface area contributed by atoms with Crippen molar-refractivity contribution in [1.82, 2.24) is 24.1 Å². The van der Waals surface area contributed by atoms with Crippen LogP contribution in [-0.2, 0) is 0 Å². The van der Waals surface area contributed by atoms with Crippen LogP contribution in [0, 0.1) is 0 Å². The standard InChI is InChI=1S/C57H35N5S/c1-4-15-36(16-5-1)39-27-29-44-43-23-10-12-25-49(43)61(50(44)32-39)42-28-30-45-47-35-54-48(46-24-11-13-26-53(46)63-54)34-52(47)62(51(45)33-42)41-22-14-21-40(31-41)57-59-55(37-17-6-2-7-18-37)58-56(60-57)38-19-8-3-9-20-38/h1-35H. The second-order valence-corrected chi connectivity index (χ2v) is 17.1. The Bertz CT molecular complexity index is 3850. The Morgan fingerprint density at radius 2 is 0.794 bits per heavy atom. The summed E-state index contributed by atoms with van der Waals surface area (Å²) in [5, 5.41) is 7.41. The summed E-state index contributed by atoms with van der Waals surface area (Å²) in [4.78, 5) is 15.2. The Morgan fingerprint density at radius 3 is 1.54 bits per heavy atom. The number of fused-ring (bicyclic) bond motifs is 9. The fraction of sp³-hybridized carbons (Fsp3) is 0. The minimum Gasteiger partial charge on any atom is -0.309 e. The second-order valence-electron chi connectivity index (χ2n) is 16.0. The van der Waals surface area contributed by atoms with Gasteiger partial charge in [0.15, 0.2) is 17.5 Å². The maximum Gasteiger partial charge on any atom is 0.164 e. The molecule has 0 bridgehead atoms. The van der Waals surface area contributed by atoms with E-state index in [4.69, 9.17) is 15.0 Å². The van der Waals surface area contributed by atoms with Crippen LogP contribution in [0.25, 0.3) is 120 Å². The van der Waals surface area contributed by atoms with Crippen LogP contribution in [-0.4, -0.2) is 24.1 Å². The Balaban J connectivity index is 1.07. The highest BCUT2D eigenvalue weighted by molar-refractivity contribution is 7.25. The van der Waals surface area contributed by atoms with Crippen LogP contribution >= 0.6 is 11.3 Å². The fourth-order valence-electron chi connectivity index (χ4n) is 9.42. The molecule has 0 N–H and O–H groups in total. The molecule has 0 saturated heterocycles. The summed E-state index contributed by atoms with van der Waals surface area (Å²) in [5.74, 6) is 1.90. The molecule has 0 aliphatic carbocycles. The first-order chi connectivity index (χ1) is 31.2. The highest BCUT2D eigenvalue weighted by Crippen LogP contribution is 2.43. The predicted octanol–water partition coefficient (Wildman–Crippen LogP) is 15.1. The third-order valence-electron chi connectivity index (χ3n) is 12.3. The van der Waals surface area contributed by atoms with Crippen molar-refractivity contribution in [2.45, 2.75) is 0 Å². The lowest BCUT2D eigenvalue weighted by molar-refractivity contribution is 1.07. The van der Waals surface area contributed by atoms with E-state index in [9.17, 15) is 0 Å². The molecule has 0 radical (unpaired) electrons. The minimum absolute atomic E-state index is 0.622. The molecule has 4 heterocycles. The van der Waals surface area contributed by atoms with Crippen molar-refractivity contribution in [3.63, 3.8) is 0 Å². The lowest BCUT2D eigenvalue weighted by atomic mass is 10.0. The average molecular weight is 822 g/mol. The molecule has 9 aromatic carbocycles. The number of rotatable bonds is 6. The van der Waals surface area contributed by atoms with Gasteiger partial charge in [-0.3, -0.25) is 0 Å². The van der Waals surface area contributed by atoms with Crippen LogP contribution in [0.5, 0.6) is 0 Å². The summed E-state index contributed by atoms with van der Waals surface area (Å²) in [6, 6.07) is 75.8. The minimum atomic E-state index is 0.622. The van der Waals surface area contributed by atoms with E-state index in [-0.39, 0.29) is 0 Å². The van der Waals surface area contributed by atoms with E-state index >= 15 is 0 Å². The third-order valence-corrected chi connectivity index (χ3v) is 13.5. The smallest absolute Gasteiger partial charge is 0.164 e. The number of hydrogen-bond acceptors (Lipinski definition) is 4. The highest BCUT2D eigenvalue weighted by atomic mass is 32.1. The Morgan fingerprint density at radius 1 is 0.270 bits per heavy atom. The zero-order valence-electron chi connectivity index (χ0n) is 33.9. The van der Waals surface area contributed by atoms with Gasteiger partial charge in [-0.1, -0.05) is 158 Å².